The predicted octanol–water partition coefficient (Wildman–Crippen LogP) is 4.17. The zero-order chi connectivity index (χ0) is 14.8. The first-order chi connectivity index (χ1) is 10.2. The van der Waals surface area contributed by atoms with Crippen LogP contribution in [0.15, 0.2) is 42.5 Å². The van der Waals surface area contributed by atoms with Gasteiger partial charge in [-0.25, -0.2) is 4.39 Å². The van der Waals surface area contributed by atoms with E-state index in [1.165, 1.54) is 17.2 Å². The van der Waals surface area contributed by atoms with Crippen LogP contribution in [0, 0.1) is 5.82 Å². The van der Waals surface area contributed by atoms with Crippen LogP contribution in [0.4, 0.5) is 4.39 Å². The van der Waals surface area contributed by atoms with Crippen molar-refractivity contribution in [1.82, 2.24) is 5.32 Å². The molecule has 0 aromatic heterocycles. The number of benzene rings is 2. The van der Waals surface area contributed by atoms with Crippen LogP contribution in [0.25, 0.3) is 0 Å². The summed E-state index contributed by atoms with van der Waals surface area (Å²) in [5.74, 6) is 0.558. The molecular formula is C18H20FNO. The molecule has 2 aromatic rings. The van der Waals surface area contributed by atoms with Crippen molar-refractivity contribution in [3.05, 3.63) is 65.0 Å². The van der Waals surface area contributed by atoms with Crippen molar-refractivity contribution in [3.8, 4) is 5.75 Å². The van der Waals surface area contributed by atoms with E-state index in [1.54, 1.807) is 12.1 Å². The zero-order valence-corrected chi connectivity index (χ0v) is 12.4. The van der Waals surface area contributed by atoms with Gasteiger partial charge in [0.25, 0.3) is 0 Å². The summed E-state index contributed by atoms with van der Waals surface area (Å²) >= 11 is 0. The van der Waals surface area contributed by atoms with Crippen molar-refractivity contribution in [2.24, 2.45) is 0 Å². The number of ether oxygens (including phenoxy) is 1. The summed E-state index contributed by atoms with van der Waals surface area (Å²) < 4.78 is 19.6. The Kier molecular flexibility index (Phi) is 3.93. The molecule has 1 N–H and O–H groups in total. The quantitative estimate of drug-likeness (QED) is 0.913. The summed E-state index contributed by atoms with van der Waals surface area (Å²) in [5.41, 5.74) is 3.45. The number of hydrogen-bond acceptors (Lipinski definition) is 2. The fraction of sp³-hybridized carbons (Fsp3) is 0.333. The third kappa shape index (κ3) is 2.66. The molecule has 2 nitrogen and oxygen atoms in total. The monoisotopic (exact) mass is 285 g/mol. The van der Waals surface area contributed by atoms with Crippen LogP contribution in [0.5, 0.6) is 5.75 Å². The lowest BCUT2D eigenvalue weighted by molar-refractivity contribution is 0.152. The highest BCUT2D eigenvalue weighted by Crippen LogP contribution is 2.41. The summed E-state index contributed by atoms with van der Waals surface area (Å²) in [7, 11) is 1.91. The Morgan fingerprint density at radius 2 is 2.00 bits per heavy atom. The molecule has 1 heterocycles. The van der Waals surface area contributed by atoms with E-state index in [-0.39, 0.29) is 18.0 Å². The molecule has 0 saturated heterocycles. The third-order valence-electron chi connectivity index (χ3n) is 4.20. The molecule has 0 aliphatic carbocycles. The molecular weight excluding hydrogens is 265 g/mol. The smallest absolute Gasteiger partial charge is 0.126 e. The van der Waals surface area contributed by atoms with E-state index in [4.69, 9.17) is 4.74 Å². The Morgan fingerprint density at radius 1 is 1.19 bits per heavy atom. The minimum absolute atomic E-state index is 0.0107. The Morgan fingerprint density at radius 3 is 2.76 bits per heavy atom. The molecule has 0 fully saturated rings. The molecule has 0 saturated carbocycles. The van der Waals surface area contributed by atoms with Crippen molar-refractivity contribution in [3.63, 3.8) is 0 Å². The molecule has 1 aliphatic heterocycles. The van der Waals surface area contributed by atoms with Gasteiger partial charge in [0, 0.05) is 18.0 Å². The minimum atomic E-state index is -0.218. The molecule has 3 rings (SSSR count). The van der Waals surface area contributed by atoms with E-state index in [0.717, 1.165) is 24.2 Å². The Balaban J connectivity index is 1.99. The van der Waals surface area contributed by atoms with Gasteiger partial charge in [0.2, 0.25) is 0 Å². The van der Waals surface area contributed by atoms with Crippen molar-refractivity contribution in [2.75, 3.05) is 7.05 Å². The van der Waals surface area contributed by atoms with E-state index < -0.39 is 0 Å². The minimum Gasteiger partial charge on any atom is -0.485 e. The number of aryl methyl sites for hydroxylation is 1. The maximum Gasteiger partial charge on any atom is 0.126 e. The highest BCUT2D eigenvalue weighted by molar-refractivity contribution is 5.41. The van der Waals surface area contributed by atoms with Crippen molar-refractivity contribution in [1.29, 1.82) is 0 Å². The number of nitrogens with one attached hydrogen (secondary N) is 1. The molecule has 21 heavy (non-hydrogen) atoms. The third-order valence-corrected chi connectivity index (χ3v) is 4.20. The molecule has 0 amide bonds. The lowest BCUT2D eigenvalue weighted by atomic mass is 9.90. The first kappa shape index (κ1) is 14.1. The molecule has 2 unspecified atom stereocenters. The molecule has 3 heteroatoms. The lowest BCUT2D eigenvalue weighted by Crippen LogP contribution is -2.27. The van der Waals surface area contributed by atoms with Gasteiger partial charge >= 0.3 is 0 Å². The number of fused-ring (bicyclic) bond motifs is 1. The van der Waals surface area contributed by atoms with Crippen LogP contribution in [-0.4, -0.2) is 7.05 Å². The molecule has 0 bridgehead atoms. The average Bonchev–Trinajstić information content (AvgIpc) is 2.53. The molecule has 1 aliphatic rings. The molecule has 0 spiro atoms. The summed E-state index contributed by atoms with van der Waals surface area (Å²) in [6.45, 7) is 2.15. The largest absolute Gasteiger partial charge is 0.485 e. The maximum absolute atomic E-state index is 13.5. The fourth-order valence-electron chi connectivity index (χ4n) is 3.08. The summed E-state index contributed by atoms with van der Waals surface area (Å²) in [5, 5.41) is 3.28. The summed E-state index contributed by atoms with van der Waals surface area (Å²) in [6, 6.07) is 13.3. The number of halogens is 1. The summed E-state index contributed by atoms with van der Waals surface area (Å²) in [4.78, 5) is 0. The van der Waals surface area contributed by atoms with Crippen LogP contribution in [0.3, 0.4) is 0 Å². The molecule has 0 radical (unpaired) electrons. The SMILES string of the molecule is CCc1ccccc1C1CC(NC)c2cc(F)ccc2O1. The first-order valence-electron chi connectivity index (χ1n) is 7.44. The fourth-order valence-corrected chi connectivity index (χ4v) is 3.08. The van der Waals surface area contributed by atoms with Crippen LogP contribution in [0.1, 0.15) is 42.2 Å². The van der Waals surface area contributed by atoms with Crippen molar-refractivity contribution in [2.45, 2.75) is 31.9 Å². The van der Waals surface area contributed by atoms with Crippen LogP contribution >= 0.6 is 0 Å². The summed E-state index contributed by atoms with van der Waals surface area (Å²) in [6.07, 6.45) is 1.80. The zero-order valence-electron chi connectivity index (χ0n) is 12.4. The normalized spacial score (nSPS) is 20.7. The highest BCUT2D eigenvalue weighted by Gasteiger charge is 2.29. The van der Waals surface area contributed by atoms with Gasteiger partial charge in [-0.05, 0) is 42.8 Å². The molecule has 2 aromatic carbocycles. The Hall–Kier alpha value is -1.87. The predicted molar refractivity (Wildman–Crippen MR) is 82.0 cm³/mol. The second-order valence-electron chi connectivity index (χ2n) is 5.42. The van der Waals surface area contributed by atoms with Crippen molar-refractivity contribution < 1.29 is 9.13 Å². The average molecular weight is 285 g/mol. The van der Waals surface area contributed by atoms with E-state index in [1.807, 2.05) is 13.1 Å². The van der Waals surface area contributed by atoms with Crippen LogP contribution < -0.4 is 10.1 Å². The molecule has 110 valence electrons. The second-order valence-corrected chi connectivity index (χ2v) is 5.42. The van der Waals surface area contributed by atoms with Gasteiger partial charge in [0.05, 0.1) is 0 Å². The van der Waals surface area contributed by atoms with E-state index in [0.29, 0.717) is 0 Å². The highest BCUT2D eigenvalue weighted by atomic mass is 19.1. The van der Waals surface area contributed by atoms with Gasteiger partial charge in [0.15, 0.2) is 0 Å². The lowest BCUT2D eigenvalue weighted by Gasteiger charge is -2.33. The van der Waals surface area contributed by atoms with Gasteiger partial charge in [-0.3, -0.25) is 0 Å². The van der Waals surface area contributed by atoms with Gasteiger partial charge < -0.3 is 10.1 Å². The Bertz CT molecular complexity index is 641. The number of hydrogen-bond donors (Lipinski definition) is 1. The van der Waals surface area contributed by atoms with Gasteiger partial charge in [0.1, 0.15) is 17.7 Å². The Labute approximate surface area is 125 Å². The van der Waals surface area contributed by atoms with E-state index >= 15 is 0 Å². The van der Waals surface area contributed by atoms with Gasteiger partial charge in [-0.1, -0.05) is 31.2 Å². The van der Waals surface area contributed by atoms with Crippen molar-refractivity contribution >= 4 is 0 Å². The second kappa shape index (κ2) is 5.86. The van der Waals surface area contributed by atoms with Crippen LogP contribution in [-0.2, 0) is 6.42 Å². The standard InChI is InChI=1S/C18H20FNO/c1-3-12-6-4-5-7-14(12)18-11-16(20-2)15-10-13(19)8-9-17(15)21-18/h4-10,16,18,20H,3,11H2,1-2H3. The van der Waals surface area contributed by atoms with E-state index in [2.05, 4.69) is 30.4 Å². The topological polar surface area (TPSA) is 21.3 Å². The van der Waals surface area contributed by atoms with Gasteiger partial charge in [-0.15, -0.1) is 0 Å². The number of rotatable bonds is 3. The maximum atomic E-state index is 13.5. The van der Waals surface area contributed by atoms with E-state index in [9.17, 15) is 4.39 Å². The molecule has 2 atom stereocenters. The van der Waals surface area contributed by atoms with Crippen LogP contribution in [0.2, 0.25) is 0 Å². The first-order valence-corrected chi connectivity index (χ1v) is 7.44. The van der Waals surface area contributed by atoms with Gasteiger partial charge in [-0.2, -0.15) is 0 Å².